The van der Waals surface area contributed by atoms with E-state index in [0.29, 0.717) is 5.75 Å². The van der Waals surface area contributed by atoms with Crippen LogP contribution >= 0.6 is 11.6 Å². The molecule has 4 nitrogen and oxygen atoms in total. The van der Waals surface area contributed by atoms with Gasteiger partial charge in [0.05, 0.1) is 18.6 Å². The molecule has 0 radical (unpaired) electrons. The van der Waals surface area contributed by atoms with E-state index in [1.165, 1.54) is 19.2 Å². The zero-order valence-corrected chi connectivity index (χ0v) is 8.21. The standard InChI is InChI=1S/C9H9ClO4/c1-14-8-4-7(11)5(2-6(8)10)3-9(12)13/h2,4,11H,3H2,1H3,(H,12,13). The Morgan fingerprint density at radius 2 is 2.21 bits per heavy atom. The highest BCUT2D eigenvalue weighted by molar-refractivity contribution is 6.32. The Labute approximate surface area is 85.7 Å². The Bertz CT molecular complexity index is 362. The maximum Gasteiger partial charge on any atom is 0.307 e. The van der Waals surface area contributed by atoms with E-state index in [1.807, 2.05) is 0 Å². The summed E-state index contributed by atoms with van der Waals surface area (Å²) in [5.41, 5.74) is 0.267. The van der Waals surface area contributed by atoms with Crippen molar-refractivity contribution in [2.45, 2.75) is 6.42 Å². The van der Waals surface area contributed by atoms with Gasteiger partial charge in [-0.3, -0.25) is 4.79 Å². The fourth-order valence-corrected chi connectivity index (χ4v) is 1.31. The zero-order chi connectivity index (χ0) is 10.7. The van der Waals surface area contributed by atoms with Crippen LogP contribution in [0.15, 0.2) is 12.1 Å². The number of aliphatic carboxylic acids is 1. The first-order valence-corrected chi connectivity index (χ1v) is 4.19. The molecule has 76 valence electrons. The highest BCUT2D eigenvalue weighted by Crippen LogP contribution is 2.31. The first-order chi connectivity index (χ1) is 6.54. The lowest BCUT2D eigenvalue weighted by atomic mass is 10.1. The number of carboxylic acid groups (broad SMARTS) is 1. The Balaban J connectivity index is 3.08. The second kappa shape index (κ2) is 4.19. The number of ether oxygens (including phenoxy) is 1. The van der Waals surface area contributed by atoms with E-state index in [9.17, 15) is 9.90 Å². The number of benzene rings is 1. The van der Waals surface area contributed by atoms with E-state index in [1.54, 1.807) is 0 Å². The largest absolute Gasteiger partial charge is 0.508 e. The van der Waals surface area contributed by atoms with Crippen LogP contribution in [0, 0.1) is 0 Å². The molecule has 2 N–H and O–H groups in total. The Morgan fingerprint density at radius 3 is 2.71 bits per heavy atom. The summed E-state index contributed by atoms with van der Waals surface area (Å²) >= 11 is 5.76. The molecule has 0 spiro atoms. The second-order valence-corrected chi connectivity index (χ2v) is 3.09. The molecule has 0 amide bonds. The third-order valence-corrected chi connectivity index (χ3v) is 1.99. The molecule has 14 heavy (non-hydrogen) atoms. The van der Waals surface area contributed by atoms with Crippen molar-refractivity contribution < 1.29 is 19.7 Å². The molecule has 0 aliphatic carbocycles. The lowest BCUT2D eigenvalue weighted by Crippen LogP contribution is -2.00. The fraction of sp³-hybridized carbons (Fsp3) is 0.222. The summed E-state index contributed by atoms with van der Waals surface area (Å²) in [6, 6.07) is 2.67. The number of halogens is 1. The quantitative estimate of drug-likeness (QED) is 0.807. The van der Waals surface area contributed by atoms with Crippen molar-refractivity contribution in [2.24, 2.45) is 0 Å². The highest BCUT2D eigenvalue weighted by Gasteiger charge is 2.10. The first-order valence-electron chi connectivity index (χ1n) is 3.81. The lowest BCUT2D eigenvalue weighted by molar-refractivity contribution is -0.136. The maximum absolute atomic E-state index is 10.4. The van der Waals surface area contributed by atoms with Crippen LogP contribution in [0.25, 0.3) is 0 Å². The summed E-state index contributed by atoms with van der Waals surface area (Å²) in [5, 5.41) is 18.2. The van der Waals surface area contributed by atoms with E-state index in [0.717, 1.165) is 0 Å². The number of rotatable bonds is 3. The Hall–Kier alpha value is -1.42. The van der Waals surface area contributed by atoms with Gasteiger partial charge in [-0.1, -0.05) is 11.6 Å². The lowest BCUT2D eigenvalue weighted by Gasteiger charge is -2.07. The third kappa shape index (κ3) is 2.29. The van der Waals surface area contributed by atoms with Crippen LogP contribution in [0.2, 0.25) is 5.02 Å². The number of hydrogen-bond donors (Lipinski definition) is 2. The van der Waals surface area contributed by atoms with Crippen LogP contribution in [-0.4, -0.2) is 23.3 Å². The van der Waals surface area contributed by atoms with Gasteiger partial charge in [-0.05, 0) is 6.07 Å². The average molecular weight is 217 g/mol. The molecule has 0 heterocycles. The molecule has 1 aromatic rings. The van der Waals surface area contributed by atoms with Crippen molar-refractivity contribution in [3.8, 4) is 11.5 Å². The second-order valence-electron chi connectivity index (χ2n) is 2.69. The molecule has 0 unspecified atom stereocenters. The molecule has 0 atom stereocenters. The Morgan fingerprint density at radius 1 is 1.57 bits per heavy atom. The highest BCUT2D eigenvalue weighted by atomic mass is 35.5. The molecule has 5 heteroatoms. The normalized spacial score (nSPS) is 9.86. The molecule has 0 saturated heterocycles. The number of hydrogen-bond acceptors (Lipinski definition) is 3. The van der Waals surface area contributed by atoms with Gasteiger partial charge in [0.15, 0.2) is 0 Å². The van der Waals surface area contributed by atoms with Crippen LogP contribution < -0.4 is 4.74 Å². The minimum absolute atomic E-state index is 0.131. The van der Waals surface area contributed by atoms with Crippen molar-refractivity contribution in [1.82, 2.24) is 0 Å². The van der Waals surface area contributed by atoms with Crippen LogP contribution in [0.5, 0.6) is 11.5 Å². The zero-order valence-electron chi connectivity index (χ0n) is 7.45. The van der Waals surface area contributed by atoms with Crippen LogP contribution in [0.1, 0.15) is 5.56 Å². The number of aromatic hydroxyl groups is 1. The van der Waals surface area contributed by atoms with Gasteiger partial charge >= 0.3 is 5.97 Å². The number of phenolic OH excluding ortho intramolecular Hbond substituents is 1. The summed E-state index contributed by atoms with van der Waals surface area (Å²) < 4.78 is 4.85. The van der Waals surface area contributed by atoms with Crippen molar-refractivity contribution in [1.29, 1.82) is 0 Å². The van der Waals surface area contributed by atoms with Gasteiger partial charge in [0.1, 0.15) is 11.5 Å². The van der Waals surface area contributed by atoms with Gasteiger partial charge in [0, 0.05) is 11.6 Å². The number of phenols is 1. The molecule has 0 bridgehead atoms. The summed E-state index contributed by atoms with van der Waals surface area (Å²) in [7, 11) is 1.41. The number of methoxy groups -OCH3 is 1. The predicted molar refractivity (Wildman–Crippen MR) is 51.0 cm³/mol. The monoisotopic (exact) mass is 216 g/mol. The summed E-state index contributed by atoms with van der Waals surface area (Å²) in [6.07, 6.45) is -0.268. The number of carboxylic acids is 1. The molecule has 0 aliphatic heterocycles. The fourth-order valence-electron chi connectivity index (χ4n) is 1.04. The molecule has 0 saturated carbocycles. The molecular weight excluding hydrogens is 208 g/mol. The SMILES string of the molecule is COc1cc(O)c(CC(=O)O)cc1Cl. The van der Waals surface area contributed by atoms with Gasteiger partial charge < -0.3 is 14.9 Å². The van der Waals surface area contributed by atoms with E-state index < -0.39 is 5.97 Å². The van der Waals surface area contributed by atoms with Crippen molar-refractivity contribution >= 4 is 17.6 Å². The van der Waals surface area contributed by atoms with E-state index in [-0.39, 0.29) is 22.8 Å². The minimum atomic E-state index is -1.03. The van der Waals surface area contributed by atoms with Gasteiger partial charge in [-0.2, -0.15) is 0 Å². The van der Waals surface area contributed by atoms with E-state index in [2.05, 4.69) is 0 Å². The molecule has 0 aromatic heterocycles. The average Bonchev–Trinajstić information content (AvgIpc) is 2.10. The predicted octanol–water partition coefficient (Wildman–Crippen LogP) is 1.68. The summed E-state index contributed by atoms with van der Waals surface area (Å²) in [5.74, 6) is -0.839. The van der Waals surface area contributed by atoms with E-state index >= 15 is 0 Å². The molecular formula is C9H9ClO4. The molecule has 0 fully saturated rings. The van der Waals surface area contributed by atoms with Crippen molar-refractivity contribution in [3.05, 3.63) is 22.7 Å². The Kier molecular flexibility index (Phi) is 3.19. The smallest absolute Gasteiger partial charge is 0.307 e. The number of carbonyl (C=O) groups is 1. The summed E-state index contributed by atoms with van der Waals surface area (Å²) in [6.45, 7) is 0. The molecule has 0 aliphatic rings. The maximum atomic E-state index is 10.4. The van der Waals surface area contributed by atoms with Gasteiger partial charge in [-0.15, -0.1) is 0 Å². The third-order valence-electron chi connectivity index (χ3n) is 1.69. The van der Waals surface area contributed by atoms with Crippen molar-refractivity contribution in [3.63, 3.8) is 0 Å². The summed E-state index contributed by atoms with van der Waals surface area (Å²) in [4.78, 5) is 10.4. The van der Waals surface area contributed by atoms with E-state index in [4.69, 9.17) is 21.4 Å². The molecule has 1 rings (SSSR count). The van der Waals surface area contributed by atoms with Crippen LogP contribution in [-0.2, 0) is 11.2 Å². The topological polar surface area (TPSA) is 66.8 Å². The van der Waals surface area contributed by atoms with Gasteiger partial charge in [0.25, 0.3) is 0 Å². The van der Waals surface area contributed by atoms with Crippen LogP contribution in [0.4, 0.5) is 0 Å². The molecule has 1 aromatic carbocycles. The van der Waals surface area contributed by atoms with Gasteiger partial charge in [0.2, 0.25) is 0 Å². The first kappa shape index (κ1) is 10.7. The van der Waals surface area contributed by atoms with Crippen molar-refractivity contribution in [2.75, 3.05) is 7.11 Å². The van der Waals surface area contributed by atoms with Gasteiger partial charge in [-0.25, -0.2) is 0 Å². The minimum Gasteiger partial charge on any atom is -0.508 e. The van der Waals surface area contributed by atoms with Crippen LogP contribution in [0.3, 0.4) is 0 Å².